The molecule has 0 heterocycles. The summed E-state index contributed by atoms with van der Waals surface area (Å²) in [7, 11) is 1.69. The summed E-state index contributed by atoms with van der Waals surface area (Å²) < 4.78 is 5.42. The standard InChI is InChI=1S/C39H31NO/c1-41-37-28-26-36(27-29-37)40(34-20-12-5-13-21-34)35-24-22-33(23-25-35)39(32-18-10-4-11-19-32)38(30-14-6-2-7-15-30)31-16-8-3-9-17-31/h2-29H,1H3. The average Bonchev–Trinajstić information content (AvgIpc) is 3.06. The third kappa shape index (κ3) is 5.68. The van der Waals surface area contributed by atoms with Crippen molar-refractivity contribution in [2.75, 3.05) is 12.0 Å². The van der Waals surface area contributed by atoms with Crippen molar-refractivity contribution >= 4 is 28.2 Å². The van der Waals surface area contributed by atoms with E-state index in [-0.39, 0.29) is 0 Å². The van der Waals surface area contributed by atoms with Gasteiger partial charge >= 0.3 is 0 Å². The van der Waals surface area contributed by atoms with E-state index in [1.165, 1.54) is 27.8 Å². The van der Waals surface area contributed by atoms with Crippen LogP contribution in [0, 0.1) is 0 Å². The molecule has 0 fully saturated rings. The van der Waals surface area contributed by atoms with Gasteiger partial charge in [-0.3, -0.25) is 0 Å². The number of ether oxygens (including phenoxy) is 1. The highest BCUT2D eigenvalue weighted by Gasteiger charge is 2.17. The summed E-state index contributed by atoms with van der Waals surface area (Å²) in [6.07, 6.45) is 0. The molecule has 41 heavy (non-hydrogen) atoms. The van der Waals surface area contributed by atoms with Gasteiger partial charge in [0.05, 0.1) is 7.11 Å². The van der Waals surface area contributed by atoms with E-state index >= 15 is 0 Å². The second kappa shape index (κ2) is 12.2. The summed E-state index contributed by atoms with van der Waals surface area (Å²) in [6, 6.07) is 59.6. The van der Waals surface area contributed by atoms with Gasteiger partial charge in [-0.1, -0.05) is 121 Å². The molecule has 6 rings (SSSR count). The monoisotopic (exact) mass is 529 g/mol. The summed E-state index contributed by atoms with van der Waals surface area (Å²) >= 11 is 0. The predicted octanol–water partition coefficient (Wildman–Crippen LogP) is 10.2. The minimum absolute atomic E-state index is 0.837. The van der Waals surface area contributed by atoms with Gasteiger partial charge in [0.1, 0.15) is 5.75 Å². The van der Waals surface area contributed by atoms with Crippen LogP contribution in [-0.2, 0) is 0 Å². The molecular formula is C39H31NO. The molecule has 0 radical (unpaired) electrons. The smallest absolute Gasteiger partial charge is 0.119 e. The predicted molar refractivity (Wildman–Crippen MR) is 172 cm³/mol. The van der Waals surface area contributed by atoms with Crippen molar-refractivity contribution in [1.29, 1.82) is 0 Å². The van der Waals surface area contributed by atoms with Crippen molar-refractivity contribution in [2.24, 2.45) is 0 Å². The highest BCUT2D eigenvalue weighted by molar-refractivity contribution is 6.04. The largest absolute Gasteiger partial charge is 0.497 e. The summed E-state index contributed by atoms with van der Waals surface area (Å²) in [5.41, 5.74) is 10.4. The number of rotatable bonds is 8. The highest BCUT2D eigenvalue weighted by Crippen LogP contribution is 2.39. The molecule has 198 valence electrons. The van der Waals surface area contributed by atoms with Crippen molar-refractivity contribution in [3.05, 3.63) is 192 Å². The van der Waals surface area contributed by atoms with Gasteiger partial charge in [-0.2, -0.15) is 0 Å². The van der Waals surface area contributed by atoms with Gasteiger partial charge in [0.2, 0.25) is 0 Å². The Kier molecular flexibility index (Phi) is 7.73. The van der Waals surface area contributed by atoms with Crippen LogP contribution in [0.25, 0.3) is 11.1 Å². The number of para-hydroxylation sites is 1. The number of hydrogen-bond donors (Lipinski definition) is 0. The number of benzene rings is 6. The number of methoxy groups -OCH3 is 1. The summed E-state index contributed by atoms with van der Waals surface area (Å²) in [6.45, 7) is 0. The van der Waals surface area contributed by atoms with Crippen molar-refractivity contribution in [3.8, 4) is 5.75 Å². The third-order valence-corrected chi connectivity index (χ3v) is 7.20. The van der Waals surface area contributed by atoms with Gasteiger partial charge in [-0.05, 0) is 81.9 Å². The lowest BCUT2D eigenvalue weighted by Gasteiger charge is -2.26. The van der Waals surface area contributed by atoms with Gasteiger partial charge in [0, 0.05) is 17.1 Å². The number of nitrogens with zero attached hydrogens (tertiary/aromatic N) is 1. The van der Waals surface area contributed by atoms with Crippen LogP contribution in [0.4, 0.5) is 17.1 Å². The zero-order valence-electron chi connectivity index (χ0n) is 23.0. The molecule has 0 aliphatic carbocycles. The maximum Gasteiger partial charge on any atom is 0.119 e. The summed E-state index contributed by atoms with van der Waals surface area (Å²) in [5.74, 6) is 0.837. The van der Waals surface area contributed by atoms with Crippen molar-refractivity contribution < 1.29 is 4.74 Å². The first-order valence-electron chi connectivity index (χ1n) is 13.8. The first kappa shape index (κ1) is 25.9. The molecule has 0 saturated carbocycles. The first-order chi connectivity index (χ1) is 20.3. The van der Waals surface area contributed by atoms with Crippen LogP contribution in [0.2, 0.25) is 0 Å². The van der Waals surface area contributed by atoms with Gasteiger partial charge in [-0.15, -0.1) is 0 Å². The minimum Gasteiger partial charge on any atom is -0.497 e. The molecular weight excluding hydrogens is 498 g/mol. The van der Waals surface area contributed by atoms with E-state index in [2.05, 4.69) is 157 Å². The molecule has 0 N–H and O–H groups in total. The fourth-order valence-corrected chi connectivity index (χ4v) is 5.26. The molecule has 0 aliphatic heterocycles. The normalized spacial score (nSPS) is 10.6. The molecule has 0 bridgehead atoms. The summed E-state index contributed by atoms with van der Waals surface area (Å²) in [4.78, 5) is 2.27. The first-order valence-corrected chi connectivity index (χ1v) is 13.8. The molecule has 0 spiro atoms. The topological polar surface area (TPSA) is 12.5 Å². The molecule has 0 aliphatic rings. The van der Waals surface area contributed by atoms with Crippen LogP contribution < -0.4 is 9.64 Å². The molecule has 0 saturated heterocycles. The molecule has 0 amide bonds. The number of anilines is 3. The van der Waals surface area contributed by atoms with E-state index < -0.39 is 0 Å². The van der Waals surface area contributed by atoms with Crippen LogP contribution in [0.15, 0.2) is 170 Å². The minimum atomic E-state index is 0.837. The Morgan fingerprint density at radius 2 is 0.683 bits per heavy atom. The van der Waals surface area contributed by atoms with Crippen LogP contribution in [0.1, 0.15) is 22.3 Å². The van der Waals surface area contributed by atoms with Crippen LogP contribution in [0.5, 0.6) is 5.75 Å². The van der Waals surface area contributed by atoms with Gasteiger partial charge < -0.3 is 9.64 Å². The van der Waals surface area contributed by atoms with Gasteiger partial charge in [0.25, 0.3) is 0 Å². The van der Waals surface area contributed by atoms with Crippen molar-refractivity contribution in [1.82, 2.24) is 0 Å². The molecule has 0 unspecified atom stereocenters. The van der Waals surface area contributed by atoms with E-state index in [9.17, 15) is 0 Å². The second-order valence-electron chi connectivity index (χ2n) is 9.76. The Morgan fingerprint density at radius 3 is 1.07 bits per heavy atom. The molecule has 2 nitrogen and oxygen atoms in total. The lowest BCUT2D eigenvalue weighted by Crippen LogP contribution is -2.09. The maximum absolute atomic E-state index is 5.42. The molecule has 0 atom stereocenters. The van der Waals surface area contributed by atoms with Gasteiger partial charge in [-0.25, -0.2) is 0 Å². The SMILES string of the molecule is COc1ccc(N(c2ccccc2)c2ccc(C(=C(c3ccccc3)c3ccccc3)c3ccccc3)cc2)cc1. The van der Waals surface area contributed by atoms with E-state index in [4.69, 9.17) is 4.74 Å². The zero-order valence-corrected chi connectivity index (χ0v) is 23.0. The molecule has 6 aromatic rings. The van der Waals surface area contributed by atoms with Crippen molar-refractivity contribution in [3.63, 3.8) is 0 Å². The fraction of sp³-hybridized carbons (Fsp3) is 0.0256. The Bertz CT molecular complexity index is 1670. The maximum atomic E-state index is 5.42. The lowest BCUT2D eigenvalue weighted by molar-refractivity contribution is 0.415. The van der Waals surface area contributed by atoms with Gasteiger partial charge in [0.15, 0.2) is 0 Å². The van der Waals surface area contributed by atoms with E-state index in [1.807, 2.05) is 18.2 Å². The quantitative estimate of drug-likeness (QED) is 0.182. The summed E-state index contributed by atoms with van der Waals surface area (Å²) in [5, 5.41) is 0. The Hall–Kier alpha value is -5.34. The Labute approximate surface area is 242 Å². The van der Waals surface area contributed by atoms with Crippen molar-refractivity contribution in [2.45, 2.75) is 0 Å². The molecule has 6 aromatic carbocycles. The number of hydrogen-bond acceptors (Lipinski definition) is 2. The zero-order chi connectivity index (χ0) is 27.9. The van der Waals surface area contributed by atoms with E-state index in [1.54, 1.807) is 7.11 Å². The molecule has 0 aromatic heterocycles. The highest BCUT2D eigenvalue weighted by atomic mass is 16.5. The van der Waals surface area contributed by atoms with E-state index in [0.717, 1.165) is 28.4 Å². The fourth-order valence-electron chi connectivity index (χ4n) is 5.26. The third-order valence-electron chi connectivity index (χ3n) is 7.20. The van der Waals surface area contributed by atoms with Crippen LogP contribution in [-0.4, -0.2) is 7.11 Å². The second-order valence-corrected chi connectivity index (χ2v) is 9.76. The average molecular weight is 530 g/mol. The van der Waals surface area contributed by atoms with Crippen LogP contribution in [0.3, 0.4) is 0 Å². The Morgan fingerprint density at radius 1 is 0.366 bits per heavy atom. The molecule has 2 heteroatoms. The lowest BCUT2D eigenvalue weighted by atomic mass is 9.86. The Balaban J connectivity index is 1.53. The van der Waals surface area contributed by atoms with E-state index in [0.29, 0.717) is 0 Å². The van der Waals surface area contributed by atoms with Crippen LogP contribution >= 0.6 is 0 Å².